The molecule has 0 fully saturated rings. The summed E-state index contributed by atoms with van der Waals surface area (Å²) in [4.78, 5) is 10.5. The average molecular weight is 212 g/mol. The number of hydrogen-bond acceptors (Lipinski definition) is 1. The molecule has 0 aromatic carbocycles. The summed E-state index contributed by atoms with van der Waals surface area (Å²) >= 11 is 0. The van der Waals surface area contributed by atoms with E-state index in [1.807, 2.05) is 6.08 Å². The molecule has 2 heteroatoms. The lowest BCUT2D eigenvalue weighted by molar-refractivity contribution is -0.132. The Hall–Kier alpha value is -0.790. The van der Waals surface area contributed by atoms with Crippen molar-refractivity contribution in [2.24, 2.45) is 0 Å². The largest absolute Gasteiger partial charge is 0.478 e. The average Bonchev–Trinajstić information content (AvgIpc) is 2.21. The predicted molar refractivity (Wildman–Crippen MR) is 64.0 cm³/mol. The Morgan fingerprint density at radius 1 is 1.07 bits per heavy atom. The van der Waals surface area contributed by atoms with E-state index in [1.54, 1.807) is 6.92 Å². The summed E-state index contributed by atoms with van der Waals surface area (Å²) in [6.45, 7) is 3.88. The van der Waals surface area contributed by atoms with Crippen molar-refractivity contribution < 1.29 is 9.90 Å². The lowest BCUT2D eigenvalue weighted by Gasteiger charge is -1.99. The highest BCUT2D eigenvalue weighted by Gasteiger charge is 1.97. The van der Waals surface area contributed by atoms with E-state index in [9.17, 15) is 4.79 Å². The van der Waals surface area contributed by atoms with Gasteiger partial charge in [-0.25, -0.2) is 4.79 Å². The number of hydrogen-bond donors (Lipinski definition) is 1. The molecule has 0 saturated heterocycles. The van der Waals surface area contributed by atoms with Crippen LogP contribution < -0.4 is 0 Å². The molecule has 0 aromatic heterocycles. The highest BCUT2D eigenvalue weighted by molar-refractivity contribution is 5.85. The summed E-state index contributed by atoms with van der Waals surface area (Å²) in [5.41, 5.74) is 0.473. The first-order valence-corrected chi connectivity index (χ1v) is 6.08. The minimum atomic E-state index is -0.794. The maximum absolute atomic E-state index is 10.5. The SMILES string of the molecule is CCCCCCCCCC=C(C)C(=O)O. The van der Waals surface area contributed by atoms with Gasteiger partial charge in [0.15, 0.2) is 0 Å². The minimum Gasteiger partial charge on any atom is -0.478 e. The fraction of sp³-hybridized carbons (Fsp3) is 0.769. The number of carbonyl (C=O) groups is 1. The maximum atomic E-state index is 10.5. The Labute approximate surface area is 93.4 Å². The van der Waals surface area contributed by atoms with Crippen LogP contribution in [0.1, 0.15) is 65.2 Å². The zero-order valence-corrected chi connectivity index (χ0v) is 10.1. The molecule has 0 unspecified atom stereocenters. The predicted octanol–water partition coefficient (Wildman–Crippen LogP) is 4.16. The summed E-state index contributed by atoms with van der Waals surface area (Å²) in [6, 6.07) is 0. The van der Waals surface area contributed by atoms with Crippen LogP contribution >= 0.6 is 0 Å². The van der Waals surface area contributed by atoms with Crippen LogP contribution in [-0.2, 0) is 4.79 Å². The molecule has 0 aliphatic heterocycles. The van der Waals surface area contributed by atoms with Gasteiger partial charge in [-0.3, -0.25) is 0 Å². The minimum absolute atomic E-state index is 0.473. The zero-order chi connectivity index (χ0) is 11.5. The van der Waals surface area contributed by atoms with Crippen LogP contribution in [0.25, 0.3) is 0 Å². The number of aliphatic carboxylic acids is 1. The Bertz CT molecular complexity index is 195. The van der Waals surface area contributed by atoms with Crippen molar-refractivity contribution in [1.82, 2.24) is 0 Å². The molecule has 0 rings (SSSR count). The normalized spacial score (nSPS) is 11.7. The van der Waals surface area contributed by atoms with Crippen molar-refractivity contribution in [2.75, 3.05) is 0 Å². The van der Waals surface area contributed by atoms with Crippen molar-refractivity contribution >= 4 is 5.97 Å². The maximum Gasteiger partial charge on any atom is 0.330 e. The van der Waals surface area contributed by atoms with E-state index in [-0.39, 0.29) is 0 Å². The van der Waals surface area contributed by atoms with Crippen LogP contribution in [0.15, 0.2) is 11.6 Å². The number of allylic oxidation sites excluding steroid dienone is 1. The first kappa shape index (κ1) is 14.2. The van der Waals surface area contributed by atoms with Gasteiger partial charge < -0.3 is 5.11 Å². The van der Waals surface area contributed by atoms with Crippen molar-refractivity contribution in [2.45, 2.75) is 65.2 Å². The summed E-state index contributed by atoms with van der Waals surface area (Å²) in [5.74, 6) is -0.794. The van der Waals surface area contributed by atoms with E-state index in [0.29, 0.717) is 5.57 Å². The third-order valence-corrected chi connectivity index (χ3v) is 2.60. The molecule has 1 N–H and O–H groups in total. The molecule has 15 heavy (non-hydrogen) atoms. The van der Waals surface area contributed by atoms with Crippen molar-refractivity contribution in [1.29, 1.82) is 0 Å². The highest BCUT2D eigenvalue weighted by Crippen LogP contribution is 2.09. The van der Waals surface area contributed by atoms with Gasteiger partial charge in [0.25, 0.3) is 0 Å². The molecule has 0 amide bonds. The van der Waals surface area contributed by atoms with Crippen LogP contribution in [0, 0.1) is 0 Å². The molecule has 0 heterocycles. The molecule has 0 bridgehead atoms. The number of carboxylic acid groups (broad SMARTS) is 1. The number of unbranched alkanes of at least 4 members (excludes halogenated alkanes) is 7. The topological polar surface area (TPSA) is 37.3 Å². The second kappa shape index (κ2) is 9.75. The molecule has 0 aromatic rings. The van der Waals surface area contributed by atoms with E-state index in [4.69, 9.17) is 5.11 Å². The lowest BCUT2D eigenvalue weighted by Crippen LogP contribution is -1.95. The molecule has 0 saturated carbocycles. The second-order valence-corrected chi connectivity index (χ2v) is 4.10. The Morgan fingerprint density at radius 3 is 2.13 bits per heavy atom. The van der Waals surface area contributed by atoms with Gasteiger partial charge in [-0.05, 0) is 19.8 Å². The van der Waals surface area contributed by atoms with Crippen LogP contribution in [-0.4, -0.2) is 11.1 Å². The molecule has 0 radical (unpaired) electrons. The lowest BCUT2D eigenvalue weighted by atomic mass is 10.1. The van der Waals surface area contributed by atoms with Gasteiger partial charge in [0, 0.05) is 5.57 Å². The van der Waals surface area contributed by atoms with E-state index < -0.39 is 5.97 Å². The van der Waals surface area contributed by atoms with Crippen LogP contribution in [0.2, 0.25) is 0 Å². The summed E-state index contributed by atoms with van der Waals surface area (Å²) in [6.07, 6.45) is 11.7. The van der Waals surface area contributed by atoms with Gasteiger partial charge in [-0.15, -0.1) is 0 Å². The quantitative estimate of drug-likeness (QED) is 0.460. The highest BCUT2D eigenvalue weighted by atomic mass is 16.4. The zero-order valence-electron chi connectivity index (χ0n) is 10.1. The van der Waals surface area contributed by atoms with Gasteiger partial charge >= 0.3 is 5.97 Å². The van der Waals surface area contributed by atoms with E-state index in [2.05, 4.69) is 6.92 Å². The monoisotopic (exact) mass is 212 g/mol. The van der Waals surface area contributed by atoms with E-state index >= 15 is 0 Å². The molecule has 0 aliphatic carbocycles. The third-order valence-electron chi connectivity index (χ3n) is 2.60. The fourth-order valence-electron chi connectivity index (χ4n) is 1.51. The summed E-state index contributed by atoms with van der Waals surface area (Å²) in [7, 11) is 0. The molecular weight excluding hydrogens is 188 g/mol. The van der Waals surface area contributed by atoms with Crippen molar-refractivity contribution in [3.8, 4) is 0 Å². The second-order valence-electron chi connectivity index (χ2n) is 4.10. The number of rotatable bonds is 9. The van der Waals surface area contributed by atoms with E-state index in [0.717, 1.165) is 12.8 Å². The van der Waals surface area contributed by atoms with Gasteiger partial charge in [-0.2, -0.15) is 0 Å². The first-order valence-electron chi connectivity index (χ1n) is 6.08. The molecule has 0 spiro atoms. The molecule has 2 nitrogen and oxygen atoms in total. The first-order chi connectivity index (χ1) is 7.18. The van der Waals surface area contributed by atoms with Crippen molar-refractivity contribution in [3.05, 3.63) is 11.6 Å². The summed E-state index contributed by atoms with van der Waals surface area (Å²) < 4.78 is 0. The van der Waals surface area contributed by atoms with Gasteiger partial charge in [0.05, 0.1) is 0 Å². The smallest absolute Gasteiger partial charge is 0.330 e. The summed E-state index contributed by atoms with van der Waals surface area (Å²) in [5, 5.41) is 8.61. The standard InChI is InChI=1S/C13H24O2/c1-3-4-5-6-7-8-9-10-11-12(2)13(14)15/h11H,3-10H2,1-2H3,(H,14,15). The molecule has 88 valence electrons. The van der Waals surface area contributed by atoms with Gasteiger partial charge in [0.2, 0.25) is 0 Å². The molecule has 0 atom stereocenters. The van der Waals surface area contributed by atoms with Gasteiger partial charge in [-0.1, -0.05) is 51.5 Å². The van der Waals surface area contributed by atoms with Crippen molar-refractivity contribution in [3.63, 3.8) is 0 Å². The van der Waals surface area contributed by atoms with Crippen LogP contribution in [0.3, 0.4) is 0 Å². The van der Waals surface area contributed by atoms with Gasteiger partial charge in [0.1, 0.15) is 0 Å². The molecule has 0 aliphatic rings. The number of carboxylic acids is 1. The Balaban J connectivity index is 3.25. The Morgan fingerprint density at radius 2 is 1.60 bits per heavy atom. The van der Waals surface area contributed by atoms with Crippen LogP contribution in [0.5, 0.6) is 0 Å². The fourth-order valence-corrected chi connectivity index (χ4v) is 1.51. The van der Waals surface area contributed by atoms with E-state index in [1.165, 1.54) is 38.5 Å². The third kappa shape index (κ3) is 9.51. The molecular formula is C13H24O2. The van der Waals surface area contributed by atoms with Crippen LogP contribution in [0.4, 0.5) is 0 Å². The Kier molecular flexibility index (Phi) is 9.24.